The SMILES string of the molecule is CC.CC.CCCC(C)(C=O)CCC.CCc1c(CN2CC3(CN=C(C)C3)C2)cc(C2CC2)c(C2CC2)c1C. The zero-order valence-corrected chi connectivity index (χ0v) is 27.5. The lowest BCUT2D eigenvalue weighted by atomic mass is 9.77. The lowest BCUT2D eigenvalue weighted by molar-refractivity contribution is -0.116. The first kappa shape index (κ1) is 33.7. The van der Waals surface area contributed by atoms with Crippen molar-refractivity contribution in [1.82, 2.24) is 4.90 Å². The minimum Gasteiger partial charge on any atom is -0.303 e. The van der Waals surface area contributed by atoms with Crippen molar-refractivity contribution in [2.24, 2.45) is 15.8 Å². The van der Waals surface area contributed by atoms with Crippen LogP contribution in [0.15, 0.2) is 11.1 Å². The van der Waals surface area contributed by atoms with Gasteiger partial charge in [-0.1, -0.05) is 74.3 Å². The number of carbonyl (C=O) groups excluding carboxylic acids is 1. The Labute approximate surface area is 242 Å². The fraction of sp³-hybridized carbons (Fsp3) is 0.778. The third kappa shape index (κ3) is 8.75. The molecule has 1 spiro atoms. The molecule has 3 heteroatoms. The van der Waals surface area contributed by atoms with E-state index in [9.17, 15) is 4.79 Å². The first-order valence-corrected chi connectivity index (χ1v) is 16.6. The van der Waals surface area contributed by atoms with Crippen molar-refractivity contribution in [2.45, 2.75) is 152 Å². The summed E-state index contributed by atoms with van der Waals surface area (Å²) in [5.74, 6) is 1.77. The fourth-order valence-electron chi connectivity index (χ4n) is 7.06. The van der Waals surface area contributed by atoms with Gasteiger partial charge in [-0.15, -0.1) is 0 Å². The Morgan fingerprint density at radius 1 is 0.974 bits per heavy atom. The number of hydrogen-bond donors (Lipinski definition) is 0. The lowest BCUT2D eigenvalue weighted by Crippen LogP contribution is -2.56. The van der Waals surface area contributed by atoms with Crippen molar-refractivity contribution in [3.63, 3.8) is 0 Å². The zero-order chi connectivity index (χ0) is 29.2. The van der Waals surface area contributed by atoms with Gasteiger partial charge in [0.1, 0.15) is 6.29 Å². The van der Waals surface area contributed by atoms with Crippen LogP contribution in [-0.2, 0) is 17.8 Å². The Morgan fingerprint density at radius 3 is 1.95 bits per heavy atom. The van der Waals surface area contributed by atoms with Crippen molar-refractivity contribution in [3.8, 4) is 0 Å². The van der Waals surface area contributed by atoms with Crippen LogP contribution >= 0.6 is 0 Å². The van der Waals surface area contributed by atoms with Gasteiger partial charge in [0.05, 0.1) is 0 Å². The van der Waals surface area contributed by atoms with E-state index in [1.807, 2.05) is 34.6 Å². The average molecular weight is 539 g/mol. The molecule has 5 rings (SSSR count). The molecule has 3 nitrogen and oxygen atoms in total. The summed E-state index contributed by atoms with van der Waals surface area (Å²) in [4.78, 5) is 18.0. The maximum absolute atomic E-state index is 10.6. The molecule has 0 atom stereocenters. The maximum Gasteiger partial charge on any atom is 0.125 e. The number of aldehydes is 1. The highest BCUT2D eigenvalue weighted by atomic mass is 16.1. The molecule has 0 unspecified atom stereocenters. The average Bonchev–Trinajstić information content (AvgIpc) is 3.85. The topological polar surface area (TPSA) is 32.7 Å². The van der Waals surface area contributed by atoms with E-state index in [2.05, 4.69) is 50.6 Å². The number of benzene rings is 1. The Kier molecular flexibility index (Phi) is 13.4. The molecule has 2 aliphatic heterocycles. The van der Waals surface area contributed by atoms with E-state index in [0.717, 1.165) is 56.9 Å². The largest absolute Gasteiger partial charge is 0.303 e. The Morgan fingerprint density at radius 2 is 1.54 bits per heavy atom. The predicted octanol–water partition coefficient (Wildman–Crippen LogP) is 9.82. The molecule has 3 fully saturated rings. The summed E-state index contributed by atoms with van der Waals surface area (Å²) >= 11 is 0. The van der Waals surface area contributed by atoms with Crippen molar-refractivity contribution < 1.29 is 4.79 Å². The van der Waals surface area contributed by atoms with Gasteiger partial charge in [0, 0.05) is 42.7 Å². The summed E-state index contributed by atoms with van der Waals surface area (Å²) in [6, 6.07) is 2.64. The molecule has 0 N–H and O–H groups in total. The van der Waals surface area contributed by atoms with E-state index < -0.39 is 0 Å². The minimum atomic E-state index is -0.0382. The fourth-order valence-corrected chi connectivity index (χ4v) is 7.06. The van der Waals surface area contributed by atoms with E-state index in [0.29, 0.717) is 5.41 Å². The van der Waals surface area contributed by atoms with Gasteiger partial charge in [0.2, 0.25) is 0 Å². The third-order valence-corrected chi connectivity index (χ3v) is 9.00. The molecule has 2 heterocycles. The van der Waals surface area contributed by atoms with E-state index in [1.54, 1.807) is 27.8 Å². The van der Waals surface area contributed by atoms with Gasteiger partial charge in [-0.3, -0.25) is 9.89 Å². The van der Waals surface area contributed by atoms with E-state index in [4.69, 9.17) is 0 Å². The van der Waals surface area contributed by atoms with Crippen LogP contribution in [0.2, 0.25) is 0 Å². The molecule has 4 aliphatic rings. The monoisotopic (exact) mass is 538 g/mol. The first-order valence-electron chi connectivity index (χ1n) is 16.6. The first-order chi connectivity index (χ1) is 18.8. The van der Waals surface area contributed by atoms with Gasteiger partial charge in [0.15, 0.2) is 0 Å². The molecule has 222 valence electrons. The molecule has 1 aromatic carbocycles. The number of rotatable bonds is 10. The van der Waals surface area contributed by atoms with Crippen molar-refractivity contribution in [3.05, 3.63) is 33.9 Å². The van der Waals surface area contributed by atoms with Crippen molar-refractivity contribution in [1.29, 1.82) is 0 Å². The van der Waals surface area contributed by atoms with Crippen LogP contribution in [0.3, 0.4) is 0 Å². The highest BCUT2D eigenvalue weighted by Crippen LogP contribution is 2.51. The van der Waals surface area contributed by atoms with Gasteiger partial charge in [-0.05, 0) is 105 Å². The molecule has 2 saturated carbocycles. The van der Waals surface area contributed by atoms with Crippen LogP contribution in [0.4, 0.5) is 0 Å². The minimum absolute atomic E-state index is 0.0382. The molecule has 1 aromatic rings. The van der Waals surface area contributed by atoms with Crippen LogP contribution in [0.1, 0.15) is 160 Å². The molecular formula is C36H62N2O. The smallest absolute Gasteiger partial charge is 0.125 e. The second-order valence-corrected chi connectivity index (χ2v) is 12.7. The van der Waals surface area contributed by atoms with E-state index in [1.165, 1.54) is 57.3 Å². The summed E-state index contributed by atoms with van der Waals surface area (Å²) in [5.41, 5.74) is 10.3. The van der Waals surface area contributed by atoms with E-state index >= 15 is 0 Å². The van der Waals surface area contributed by atoms with Crippen molar-refractivity contribution in [2.75, 3.05) is 19.6 Å². The summed E-state index contributed by atoms with van der Waals surface area (Å²) in [5, 5.41) is 0. The Hall–Kier alpha value is -1.48. The van der Waals surface area contributed by atoms with Gasteiger partial charge < -0.3 is 4.79 Å². The zero-order valence-electron chi connectivity index (χ0n) is 27.5. The third-order valence-electron chi connectivity index (χ3n) is 9.00. The van der Waals surface area contributed by atoms with Gasteiger partial charge in [-0.2, -0.15) is 0 Å². The van der Waals surface area contributed by atoms with Crippen molar-refractivity contribution >= 4 is 12.0 Å². The molecule has 0 bridgehead atoms. The molecule has 2 aliphatic carbocycles. The van der Waals surface area contributed by atoms with Crippen LogP contribution in [0, 0.1) is 17.8 Å². The predicted molar refractivity (Wildman–Crippen MR) is 171 cm³/mol. The van der Waals surface area contributed by atoms with Crippen LogP contribution < -0.4 is 0 Å². The molecule has 0 amide bonds. The van der Waals surface area contributed by atoms with Gasteiger partial charge in [0.25, 0.3) is 0 Å². The van der Waals surface area contributed by atoms with E-state index in [-0.39, 0.29) is 5.41 Å². The number of carbonyl (C=O) groups is 1. The number of nitrogens with zero attached hydrogens (tertiary/aromatic N) is 2. The maximum atomic E-state index is 10.6. The van der Waals surface area contributed by atoms with Gasteiger partial charge in [-0.25, -0.2) is 0 Å². The number of hydrogen-bond acceptors (Lipinski definition) is 3. The number of aliphatic imine (C=N–C) groups is 1. The molecule has 1 saturated heterocycles. The summed E-state index contributed by atoms with van der Waals surface area (Å²) in [6.07, 6.45) is 13.5. The standard InChI is InChI=1S/C23H32N2.C9H18O.2C2H6/c1-4-20-16(3)22(18-7-8-18)21(17-5-6-17)9-19(20)11-25-13-23(14-25)10-15(2)24-12-23;1-4-6-9(3,8-10)7-5-2;2*1-2/h9,17-18H,4-8,10-14H2,1-3H3;8H,4-7H2,1-3H3;2*1-2H3. The van der Waals surface area contributed by atoms with Crippen LogP contribution in [0.5, 0.6) is 0 Å². The number of likely N-dealkylation sites (tertiary alicyclic amines) is 1. The second-order valence-electron chi connectivity index (χ2n) is 12.7. The molecule has 0 radical (unpaired) electrons. The summed E-state index contributed by atoms with van der Waals surface area (Å²) in [7, 11) is 0. The Balaban J connectivity index is 0.000000325. The second kappa shape index (κ2) is 15.5. The lowest BCUT2D eigenvalue weighted by Gasteiger charge is -2.48. The highest BCUT2D eigenvalue weighted by Gasteiger charge is 2.45. The summed E-state index contributed by atoms with van der Waals surface area (Å²) < 4.78 is 0. The molecule has 39 heavy (non-hydrogen) atoms. The molecule has 0 aromatic heterocycles. The highest BCUT2D eigenvalue weighted by molar-refractivity contribution is 5.84. The quantitative estimate of drug-likeness (QED) is 0.278. The normalized spacial score (nSPS) is 19.5. The summed E-state index contributed by atoms with van der Waals surface area (Å²) in [6.45, 7) is 26.0. The van der Waals surface area contributed by atoms with Crippen LogP contribution in [-0.4, -0.2) is 36.5 Å². The Bertz CT molecular complexity index is 926. The molecular weight excluding hydrogens is 476 g/mol. The van der Waals surface area contributed by atoms with Crippen LogP contribution in [0.25, 0.3) is 0 Å². The van der Waals surface area contributed by atoms with Gasteiger partial charge >= 0.3 is 0 Å².